The summed E-state index contributed by atoms with van der Waals surface area (Å²) in [5, 5.41) is 10.5. The Hall–Kier alpha value is -2.44. The molecule has 18 heavy (non-hydrogen) atoms. The van der Waals surface area contributed by atoms with Gasteiger partial charge in [0.2, 0.25) is 0 Å². The van der Waals surface area contributed by atoms with Crippen molar-refractivity contribution < 1.29 is 9.72 Å². The normalized spacial score (nSPS) is 13.9. The molecule has 7 nitrogen and oxygen atoms in total. The van der Waals surface area contributed by atoms with Crippen molar-refractivity contribution in [3.05, 3.63) is 39.9 Å². The number of amides is 1. The van der Waals surface area contributed by atoms with Gasteiger partial charge in [0.25, 0.3) is 11.6 Å². The van der Waals surface area contributed by atoms with Crippen molar-refractivity contribution in [3.8, 4) is 0 Å². The largest absolute Gasteiger partial charge is 0.285 e. The molecule has 2 N–H and O–H groups in total. The summed E-state index contributed by atoms with van der Waals surface area (Å²) in [5.74, 6) is 0.407. The number of non-ortho nitro benzene ring substituents is 1. The summed E-state index contributed by atoms with van der Waals surface area (Å²) in [5.41, 5.74) is 5.55. The van der Waals surface area contributed by atoms with E-state index in [1.807, 2.05) is 0 Å². The average Bonchev–Trinajstić information content (AvgIpc) is 2.89. The van der Waals surface area contributed by atoms with Gasteiger partial charge in [-0.2, -0.15) is 0 Å². The van der Waals surface area contributed by atoms with Gasteiger partial charge in [0.05, 0.1) is 4.92 Å². The molecule has 0 fully saturated rings. The van der Waals surface area contributed by atoms with Crippen LogP contribution in [0.4, 0.5) is 5.69 Å². The van der Waals surface area contributed by atoms with Crippen LogP contribution in [0, 0.1) is 10.1 Å². The molecular formula is C11H12N4O3. The molecule has 1 amide bonds. The van der Waals surface area contributed by atoms with Crippen molar-refractivity contribution in [2.24, 2.45) is 4.99 Å². The lowest BCUT2D eigenvalue weighted by molar-refractivity contribution is -0.384. The molecule has 94 valence electrons. The molecule has 1 aliphatic rings. The van der Waals surface area contributed by atoms with Crippen LogP contribution in [-0.4, -0.2) is 23.2 Å². The first kappa shape index (κ1) is 12.0. The standard InChI is InChI=1S/C11H12N4O3/c16-11(14-13-10-2-1-7-12-10)8-3-5-9(6-4-8)15(17)18/h3-6H,1-2,7H2,(H,12,13)(H,14,16). The Morgan fingerprint density at radius 3 is 2.61 bits per heavy atom. The minimum absolute atomic E-state index is 0.0420. The molecule has 0 unspecified atom stereocenters. The van der Waals surface area contributed by atoms with E-state index in [1.54, 1.807) is 0 Å². The summed E-state index contributed by atoms with van der Waals surface area (Å²) in [6.07, 6.45) is 1.80. The van der Waals surface area contributed by atoms with E-state index in [2.05, 4.69) is 15.8 Å². The third kappa shape index (κ3) is 2.82. The second kappa shape index (κ2) is 5.26. The number of nitro benzene ring substituents is 1. The number of amidine groups is 1. The zero-order chi connectivity index (χ0) is 13.0. The molecular weight excluding hydrogens is 236 g/mol. The lowest BCUT2D eigenvalue weighted by Gasteiger charge is -2.07. The summed E-state index contributed by atoms with van der Waals surface area (Å²) in [6, 6.07) is 5.40. The van der Waals surface area contributed by atoms with Crippen molar-refractivity contribution >= 4 is 17.4 Å². The van der Waals surface area contributed by atoms with E-state index in [9.17, 15) is 14.9 Å². The fourth-order valence-electron chi connectivity index (χ4n) is 1.58. The van der Waals surface area contributed by atoms with Crippen molar-refractivity contribution in [1.82, 2.24) is 10.9 Å². The van der Waals surface area contributed by atoms with Gasteiger partial charge in [-0.15, -0.1) is 0 Å². The lowest BCUT2D eigenvalue weighted by Crippen LogP contribution is -2.40. The molecule has 0 radical (unpaired) electrons. The number of aliphatic imine (C=N–C) groups is 1. The zero-order valence-corrected chi connectivity index (χ0v) is 9.55. The van der Waals surface area contributed by atoms with Crippen LogP contribution in [0.1, 0.15) is 23.2 Å². The first-order chi connectivity index (χ1) is 8.66. The Morgan fingerprint density at radius 1 is 1.33 bits per heavy atom. The van der Waals surface area contributed by atoms with E-state index in [-0.39, 0.29) is 11.6 Å². The Bertz CT molecular complexity index is 496. The third-order valence-electron chi connectivity index (χ3n) is 2.53. The zero-order valence-electron chi connectivity index (χ0n) is 9.55. The summed E-state index contributed by atoms with van der Waals surface area (Å²) in [4.78, 5) is 25.8. The number of benzene rings is 1. The van der Waals surface area contributed by atoms with Crippen molar-refractivity contribution in [2.75, 3.05) is 6.54 Å². The average molecular weight is 248 g/mol. The molecule has 0 aromatic heterocycles. The van der Waals surface area contributed by atoms with Gasteiger partial charge in [0, 0.05) is 30.7 Å². The van der Waals surface area contributed by atoms with Gasteiger partial charge in [-0.3, -0.25) is 30.8 Å². The molecule has 0 spiro atoms. The van der Waals surface area contributed by atoms with Gasteiger partial charge in [-0.05, 0) is 18.6 Å². The highest BCUT2D eigenvalue weighted by Crippen LogP contribution is 2.11. The van der Waals surface area contributed by atoms with E-state index >= 15 is 0 Å². The molecule has 1 aromatic rings. The number of hydrogen-bond acceptors (Lipinski definition) is 5. The SMILES string of the molecule is O=C(NNC1=NCCC1)c1ccc([N+](=O)[O-])cc1. The minimum atomic E-state index is -0.507. The molecule has 2 rings (SSSR count). The fourth-order valence-corrected chi connectivity index (χ4v) is 1.58. The summed E-state index contributed by atoms with van der Waals surface area (Å²) in [6.45, 7) is 0.774. The van der Waals surface area contributed by atoms with Crippen molar-refractivity contribution in [2.45, 2.75) is 12.8 Å². The van der Waals surface area contributed by atoms with Crippen LogP contribution in [-0.2, 0) is 0 Å². The van der Waals surface area contributed by atoms with E-state index < -0.39 is 4.92 Å². The van der Waals surface area contributed by atoms with Gasteiger partial charge in [0.15, 0.2) is 0 Å². The summed E-state index contributed by atoms with van der Waals surface area (Å²) < 4.78 is 0. The van der Waals surface area contributed by atoms with Crippen LogP contribution < -0.4 is 10.9 Å². The van der Waals surface area contributed by atoms with Gasteiger partial charge in [-0.1, -0.05) is 0 Å². The first-order valence-corrected chi connectivity index (χ1v) is 5.51. The van der Waals surface area contributed by atoms with Crippen LogP contribution in [0.3, 0.4) is 0 Å². The number of rotatable bonds is 2. The molecule has 0 atom stereocenters. The Balaban J connectivity index is 1.94. The molecule has 0 bridgehead atoms. The number of carbonyl (C=O) groups is 1. The van der Waals surface area contributed by atoms with Crippen LogP contribution >= 0.6 is 0 Å². The quantitative estimate of drug-likeness (QED) is 0.603. The predicted molar refractivity (Wildman–Crippen MR) is 65.2 cm³/mol. The molecule has 0 aliphatic carbocycles. The Labute approximate surface area is 103 Å². The monoisotopic (exact) mass is 248 g/mol. The van der Waals surface area contributed by atoms with Crippen LogP contribution in [0.2, 0.25) is 0 Å². The molecule has 1 heterocycles. The number of nitro groups is 1. The first-order valence-electron chi connectivity index (χ1n) is 5.51. The number of hydrazine groups is 1. The smallest absolute Gasteiger partial charge is 0.269 e. The van der Waals surface area contributed by atoms with Crippen molar-refractivity contribution in [3.63, 3.8) is 0 Å². The number of nitrogens with zero attached hydrogens (tertiary/aromatic N) is 2. The second-order valence-corrected chi connectivity index (χ2v) is 3.82. The Kier molecular flexibility index (Phi) is 3.52. The van der Waals surface area contributed by atoms with E-state index in [0.29, 0.717) is 5.56 Å². The number of hydrogen-bond donors (Lipinski definition) is 2. The van der Waals surface area contributed by atoms with Crippen LogP contribution in [0.15, 0.2) is 29.3 Å². The highest BCUT2D eigenvalue weighted by molar-refractivity contribution is 5.96. The molecule has 7 heteroatoms. The van der Waals surface area contributed by atoms with Gasteiger partial charge in [-0.25, -0.2) is 0 Å². The summed E-state index contributed by atoms with van der Waals surface area (Å²) >= 11 is 0. The van der Waals surface area contributed by atoms with Gasteiger partial charge >= 0.3 is 0 Å². The molecule has 1 aliphatic heterocycles. The third-order valence-corrected chi connectivity index (χ3v) is 2.53. The predicted octanol–water partition coefficient (Wildman–Crippen LogP) is 1.02. The number of carbonyl (C=O) groups excluding carboxylic acids is 1. The second-order valence-electron chi connectivity index (χ2n) is 3.82. The Morgan fingerprint density at radius 2 is 2.06 bits per heavy atom. The maximum atomic E-state index is 11.7. The van der Waals surface area contributed by atoms with E-state index in [1.165, 1.54) is 24.3 Å². The minimum Gasteiger partial charge on any atom is -0.285 e. The fraction of sp³-hybridized carbons (Fsp3) is 0.273. The van der Waals surface area contributed by atoms with Crippen LogP contribution in [0.5, 0.6) is 0 Å². The van der Waals surface area contributed by atoms with E-state index in [0.717, 1.165) is 25.2 Å². The van der Waals surface area contributed by atoms with E-state index in [4.69, 9.17) is 0 Å². The maximum absolute atomic E-state index is 11.7. The maximum Gasteiger partial charge on any atom is 0.269 e. The highest BCUT2D eigenvalue weighted by Gasteiger charge is 2.10. The lowest BCUT2D eigenvalue weighted by atomic mass is 10.2. The number of nitrogens with one attached hydrogen (secondary N) is 2. The molecule has 1 aromatic carbocycles. The van der Waals surface area contributed by atoms with Crippen molar-refractivity contribution in [1.29, 1.82) is 0 Å². The molecule has 0 saturated heterocycles. The highest BCUT2D eigenvalue weighted by atomic mass is 16.6. The molecule has 0 saturated carbocycles. The summed E-state index contributed by atoms with van der Waals surface area (Å²) in [7, 11) is 0. The topological polar surface area (TPSA) is 96.6 Å². The van der Waals surface area contributed by atoms with Crippen LogP contribution in [0.25, 0.3) is 0 Å². The van der Waals surface area contributed by atoms with Gasteiger partial charge < -0.3 is 0 Å². The van der Waals surface area contributed by atoms with Gasteiger partial charge in [0.1, 0.15) is 5.84 Å².